The highest BCUT2D eigenvalue weighted by Gasteiger charge is 2.60. The van der Waals surface area contributed by atoms with Crippen LogP contribution in [0.5, 0.6) is 0 Å². The molecule has 0 aromatic carbocycles. The fourth-order valence-electron chi connectivity index (χ4n) is 2.71. The van der Waals surface area contributed by atoms with Gasteiger partial charge in [0.25, 0.3) is 0 Å². The van der Waals surface area contributed by atoms with Crippen molar-refractivity contribution < 1.29 is 28.4 Å². The fourth-order valence-corrected chi connectivity index (χ4v) is 5.19. The minimum Gasteiger partial charge on any atom is -0.460 e. The molecule has 0 amide bonds. The smallest absolute Gasteiger partial charge is 0.352 e. The molecular weight excluding hydrogens is 321 g/mol. The number of hydroxylamine groups is 2. The number of hydrogen-bond donors (Lipinski definition) is 1. The molecular formula is C15H28NO6P. The standard InChI is InChI=1S/C15H28NO6P/c1-13(2,3)22-12(17)11-7-15(6,16(18)8-11)23(19)20-9-14(4,5)10-21-23/h11,18H,7-10H2,1-6H3. The van der Waals surface area contributed by atoms with Crippen molar-refractivity contribution in [3.8, 4) is 0 Å². The molecule has 2 aliphatic heterocycles. The van der Waals surface area contributed by atoms with Gasteiger partial charge in [0, 0.05) is 12.0 Å². The Morgan fingerprint density at radius 2 is 1.78 bits per heavy atom. The normalized spacial score (nSPS) is 34.3. The zero-order valence-electron chi connectivity index (χ0n) is 14.8. The van der Waals surface area contributed by atoms with Crippen LogP contribution in [-0.2, 0) is 23.1 Å². The summed E-state index contributed by atoms with van der Waals surface area (Å²) in [6.07, 6.45) is 0.163. The second kappa shape index (κ2) is 5.81. The van der Waals surface area contributed by atoms with Crippen LogP contribution in [0.1, 0.15) is 48.0 Å². The summed E-state index contributed by atoms with van der Waals surface area (Å²) in [7, 11) is -3.57. The number of nitrogens with zero attached hydrogens (tertiary/aromatic N) is 1. The van der Waals surface area contributed by atoms with Gasteiger partial charge in [0.05, 0.1) is 19.1 Å². The van der Waals surface area contributed by atoms with E-state index in [2.05, 4.69) is 0 Å². The average molecular weight is 349 g/mol. The molecule has 7 nitrogen and oxygen atoms in total. The third kappa shape index (κ3) is 3.80. The molecule has 2 heterocycles. The summed E-state index contributed by atoms with van der Waals surface area (Å²) in [6, 6.07) is 0. The first-order chi connectivity index (χ1) is 10.3. The Morgan fingerprint density at radius 1 is 1.26 bits per heavy atom. The van der Waals surface area contributed by atoms with Gasteiger partial charge < -0.3 is 19.0 Å². The molecule has 0 radical (unpaired) electrons. The maximum absolute atomic E-state index is 13.1. The minimum atomic E-state index is -3.57. The van der Waals surface area contributed by atoms with Crippen LogP contribution in [0.15, 0.2) is 0 Å². The van der Waals surface area contributed by atoms with E-state index in [9.17, 15) is 14.6 Å². The molecule has 0 spiro atoms. The monoisotopic (exact) mass is 349 g/mol. The Morgan fingerprint density at radius 3 is 2.26 bits per heavy atom. The van der Waals surface area contributed by atoms with E-state index < -0.39 is 30.4 Å². The van der Waals surface area contributed by atoms with E-state index >= 15 is 0 Å². The lowest BCUT2D eigenvalue weighted by atomic mass is 9.97. The highest BCUT2D eigenvalue weighted by Crippen LogP contribution is 2.67. The molecule has 0 aromatic heterocycles. The first kappa shape index (κ1) is 18.9. The molecule has 0 bridgehead atoms. The van der Waals surface area contributed by atoms with Gasteiger partial charge in [0.2, 0.25) is 0 Å². The number of carbonyl (C=O) groups is 1. The average Bonchev–Trinajstić information content (AvgIpc) is 2.70. The van der Waals surface area contributed by atoms with E-state index in [1.165, 1.54) is 0 Å². The van der Waals surface area contributed by atoms with Crippen LogP contribution < -0.4 is 0 Å². The highest BCUT2D eigenvalue weighted by molar-refractivity contribution is 7.55. The van der Waals surface area contributed by atoms with Crippen LogP contribution in [0.2, 0.25) is 0 Å². The number of ether oxygens (including phenoxy) is 1. The molecule has 23 heavy (non-hydrogen) atoms. The third-order valence-electron chi connectivity index (χ3n) is 4.16. The lowest BCUT2D eigenvalue weighted by Crippen LogP contribution is -2.43. The highest BCUT2D eigenvalue weighted by atomic mass is 31.2. The number of esters is 1. The number of rotatable bonds is 2. The number of carbonyl (C=O) groups excluding carboxylic acids is 1. The van der Waals surface area contributed by atoms with Crippen molar-refractivity contribution in [1.82, 2.24) is 5.06 Å². The van der Waals surface area contributed by atoms with Gasteiger partial charge in [-0.3, -0.25) is 9.36 Å². The van der Waals surface area contributed by atoms with Crippen LogP contribution in [0.25, 0.3) is 0 Å². The first-order valence-corrected chi connectivity index (χ1v) is 9.41. The topological polar surface area (TPSA) is 85.3 Å². The SMILES string of the molecule is CC1(C)COP(=O)(C2(C)CC(C(=O)OC(C)(C)C)CN2O)OC1. The van der Waals surface area contributed by atoms with Crippen molar-refractivity contribution in [3.63, 3.8) is 0 Å². The second-order valence-corrected chi connectivity index (χ2v) is 10.9. The molecule has 0 aromatic rings. The van der Waals surface area contributed by atoms with Crippen LogP contribution in [0.3, 0.4) is 0 Å². The summed E-state index contributed by atoms with van der Waals surface area (Å²) in [6.45, 7) is 11.5. The predicted octanol–water partition coefficient (Wildman–Crippen LogP) is 3.02. The van der Waals surface area contributed by atoms with Gasteiger partial charge in [-0.25, -0.2) is 0 Å². The number of hydrogen-bond acceptors (Lipinski definition) is 7. The van der Waals surface area contributed by atoms with Crippen LogP contribution in [0.4, 0.5) is 0 Å². The Bertz CT molecular complexity index is 515. The quantitative estimate of drug-likeness (QED) is 0.606. The Balaban J connectivity index is 2.13. The van der Waals surface area contributed by atoms with Gasteiger partial charge in [-0.1, -0.05) is 13.8 Å². The Kier molecular flexibility index (Phi) is 4.77. The zero-order chi connectivity index (χ0) is 17.7. The van der Waals surface area contributed by atoms with Crippen molar-refractivity contribution in [2.75, 3.05) is 19.8 Å². The van der Waals surface area contributed by atoms with Crippen molar-refractivity contribution in [2.45, 2.75) is 58.8 Å². The zero-order valence-corrected chi connectivity index (χ0v) is 15.7. The van der Waals surface area contributed by atoms with Gasteiger partial charge in [0.1, 0.15) is 10.9 Å². The minimum absolute atomic E-state index is 0.0471. The third-order valence-corrected chi connectivity index (χ3v) is 6.69. The molecule has 2 rings (SSSR count). The van der Waals surface area contributed by atoms with Gasteiger partial charge in [-0.15, -0.1) is 0 Å². The van der Waals surface area contributed by atoms with Crippen molar-refractivity contribution in [2.24, 2.45) is 11.3 Å². The van der Waals surface area contributed by atoms with Crippen LogP contribution in [0, 0.1) is 11.3 Å². The summed E-state index contributed by atoms with van der Waals surface area (Å²) in [5, 5.41) is 9.98. The molecule has 8 heteroatoms. The predicted molar refractivity (Wildman–Crippen MR) is 84.1 cm³/mol. The molecule has 2 aliphatic rings. The maximum Gasteiger partial charge on any atom is 0.352 e. The van der Waals surface area contributed by atoms with Crippen LogP contribution >= 0.6 is 7.60 Å². The molecule has 2 saturated heterocycles. The summed E-state index contributed by atoms with van der Waals surface area (Å²) in [4.78, 5) is 12.3. The first-order valence-electron chi connectivity index (χ1n) is 7.87. The maximum atomic E-state index is 13.1. The fraction of sp³-hybridized carbons (Fsp3) is 0.933. The van der Waals surface area contributed by atoms with E-state index in [0.29, 0.717) is 0 Å². The van der Waals surface area contributed by atoms with Crippen molar-refractivity contribution in [3.05, 3.63) is 0 Å². The second-order valence-electron chi connectivity index (χ2n) is 8.44. The Labute approximate surface area is 137 Å². The summed E-state index contributed by atoms with van der Waals surface area (Å²) < 4.78 is 29.6. The summed E-state index contributed by atoms with van der Waals surface area (Å²) in [5.41, 5.74) is -0.837. The molecule has 0 aliphatic carbocycles. The van der Waals surface area contributed by atoms with E-state index in [4.69, 9.17) is 13.8 Å². The van der Waals surface area contributed by atoms with E-state index in [1.807, 2.05) is 13.8 Å². The van der Waals surface area contributed by atoms with Crippen molar-refractivity contribution in [1.29, 1.82) is 0 Å². The van der Waals surface area contributed by atoms with E-state index in [-0.39, 0.29) is 31.6 Å². The largest absolute Gasteiger partial charge is 0.460 e. The van der Waals surface area contributed by atoms with Gasteiger partial charge >= 0.3 is 13.6 Å². The molecule has 0 saturated carbocycles. The summed E-state index contributed by atoms with van der Waals surface area (Å²) >= 11 is 0. The molecule has 134 valence electrons. The molecule has 2 unspecified atom stereocenters. The molecule has 1 N–H and O–H groups in total. The van der Waals surface area contributed by atoms with Crippen LogP contribution in [-0.4, -0.2) is 46.9 Å². The van der Waals surface area contributed by atoms with E-state index in [1.54, 1.807) is 27.7 Å². The van der Waals surface area contributed by atoms with Gasteiger partial charge in [-0.2, -0.15) is 5.06 Å². The summed E-state index contributed by atoms with van der Waals surface area (Å²) in [5.74, 6) is -0.985. The lowest BCUT2D eigenvalue weighted by Gasteiger charge is -2.42. The molecule has 2 atom stereocenters. The Hall–Kier alpha value is -0.460. The lowest BCUT2D eigenvalue weighted by molar-refractivity contribution is -0.162. The van der Waals surface area contributed by atoms with Gasteiger partial charge in [-0.05, 0) is 34.1 Å². The van der Waals surface area contributed by atoms with E-state index in [0.717, 1.165) is 5.06 Å². The van der Waals surface area contributed by atoms with Gasteiger partial charge in [0.15, 0.2) is 0 Å². The molecule has 2 fully saturated rings. The van der Waals surface area contributed by atoms with Crippen molar-refractivity contribution >= 4 is 13.6 Å².